The first-order valence-electron chi connectivity index (χ1n) is 9.96. The van der Waals surface area contributed by atoms with Gasteiger partial charge in [-0.1, -0.05) is 0 Å². The van der Waals surface area contributed by atoms with Crippen molar-refractivity contribution >= 4 is 43.1 Å². The molecule has 0 radical (unpaired) electrons. The van der Waals surface area contributed by atoms with Crippen LogP contribution in [0, 0.1) is 17.0 Å². The molecule has 0 unspecified atom stereocenters. The molecule has 35 heavy (non-hydrogen) atoms. The highest BCUT2D eigenvalue weighted by molar-refractivity contribution is 7.26. The van der Waals surface area contributed by atoms with Gasteiger partial charge in [-0.05, 0) is 30.7 Å². The van der Waals surface area contributed by atoms with Crippen molar-refractivity contribution in [2.24, 2.45) is 0 Å². The summed E-state index contributed by atoms with van der Waals surface area (Å²) in [6.07, 6.45) is -0.692. The third-order valence-corrected chi connectivity index (χ3v) is 6.35. The maximum Gasteiger partial charge on any atom is 0.433 e. The number of alkyl halides is 3. The van der Waals surface area contributed by atoms with Gasteiger partial charge < -0.3 is 4.42 Å². The van der Waals surface area contributed by atoms with Crippen LogP contribution in [0.3, 0.4) is 0 Å². The Kier molecular flexibility index (Phi) is 4.41. The molecule has 176 valence electrons. The summed E-state index contributed by atoms with van der Waals surface area (Å²) in [4.78, 5) is 23.2. The average Bonchev–Trinajstić information content (AvgIpc) is 3.57. The number of aryl methyl sites for hydroxylation is 1. The van der Waals surface area contributed by atoms with Crippen molar-refractivity contribution < 1.29 is 22.5 Å². The first-order valence-corrected chi connectivity index (χ1v) is 10.8. The zero-order valence-electron chi connectivity index (χ0n) is 17.5. The fraction of sp³-hybridized carbons (Fsp3) is 0.150. The van der Waals surface area contributed by atoms with Gasteiger partial charge in [0, 0.05) is 5.39 Å². The van der Waals surface area contributed by atoms with Crippen LogP contribution >= 0.6 is 11.3 Å². The molecule has 6 heterocycles. The Morgan fingerprint density at radius 2 is 2.09 bits per heavy atom. The molecule has 0 spiro atoms. The first-order chi connectivity index (χ1) is 16.7. The van der Waals surface area contributed by atoms with E-state index >= 15 is 0 Å². The number of nitrogens with zero attached hydrogens (tertiary/aromatic N) is 8. The summed E-state index contributed by atoms with van der Waals surface area (Å²) in [5.74, 6) is 1.06. The van der Waals surface area contributed by atoms with Gasteiger partial charge in [-0.3, -0.25) is 14.8 Å². The standard InChI is InChI=1S/C20H11F3N8O3S/c1-9-4-13(20(21,22)23)26-19-14(9)15-16(35-19)18-27-17(28-30(18)8-24-15)12-3-2-11(34-12)7-29-6-10(5-25-29)31(32)33/h2-6,8H,7H2,1H3. The number of fused-ring (bicyclic) bond motifs is 5. The molecule has 0 aliphatic heterocycles. The van der Waals surface area contributed by atoms with Gasteiger partial charge in [0.05, 0.1) is 17.0 Å². The Balaban J connectivity index is 1.40. The van der Waals surface area contributed by atoms with Crippen LogP contribution in [0.1, 0.15) is 17.0 Å². The summed E-state index contributed by atoms with van der Waals surface area (Å²) in [5, 5.41) is 19.7. The highest BCUT2D eigenvalue weighted by Crippen LogP contribution is 2.38. The van der Waals surface area contributed by atoms with Crippen LogP contribution in [0.5, 0.6) is 0 Å². The monoisotopic (exact) mass is 500 g/mol. The zero-order valence-corrected chi connectivity index (χ0v) is 18.3. The Hall–Kier alpha value is -4.40. The minimum Gasteiger partial charge on any atom is -0.456 e. The molecule has 11 nitrogen and oxygen atoms in total. The number of hydrogen-bond donors (Lipinski definition) is 0. The molecular weight excluding hydrogens is 489 g/mol. The second-order valence-electron chi connectivity index (χ2n) is 7.65. The molecule has 6 aromatic heterocycles. The molecule has 0 bridgehead atoms. The van der Waals surface area contributed by atoms with Crippen LogP contribution in [0.25, 0.3) is 37.7 Å². The lowest BCUT2D eigenvalue weighted by atomic mass is 10.1. The summed E-state index contributed by atoms with van der Waals surface area (Å²) in [6, 6.07) is 4.33. The van der Waals surface area contributed by atoms with Crippen LogP contribution in [-0.2, 0) is 12.7 Å². The molecule has 6 rings (SSSR count). The van der Waals surface area contributed by atoms with E-state index in [9.17, 15) is 23.3 Å². The summed E-state index contributed by atoms with van der Waals surface area (Å²) in [5.41, 5.74) is 0.223. The van der Waals surface area contributed by atoms with Crippen molar-refractivity contribution in [2.45, 2.75) is 19.6 Å². The number of nitro groups is 1. The van der Waals surface area contributed by atoms with Crippen molar-refractivity contribution in [3.8, 4) is 11.6 Å². The number of hydrogen-bond acceptors (Lipinski definition) is 9. The van der Waals surface area contributed by atoms with Gasteiger partial charge in [0.1, 0.15) is 39.7 Å². The zero-order chi connectivity index (χ0) is 24.5. The molecule has 0 aromatic carbocycles. The fourth-order valence-electron chi connectivity index (χ4n) is 3.74. The smallest absolute Gasteiger partial charge is 0.433 e. The van der Waals surface area contributed by atoms with Crippen molar-refractivity contribution in [3.63, 3.8) is 0 Å². The number of halogens is 3. The van der Waals surface area contributed by atoms with Gasteiger partial charge in [0.15, 0.2) is 11.4 Å². The van der Waals surface area contributed by atoms with Gasteiger partial charge in [0.2, 0.25) is 5.82 Å². The van der Waals surface area contributed by atoms with Crippen LogP contribution in [-0.4, -0.2) is 39.3 Å². The molecule has 6 aromatic rings. The Bertz CT molecular complexity index is 1780. The van der Waals surface area contributed by atoms with Crippen molar-refractivity contribution in [1.29, 1.82) is 0 Å². The minimum atomic E-state index is -4.56. The maximum absolute atomic E-state index is 13.2. The fourth-order valence-corrected chi connectivity index (χ4v) is 4.91. The summed E-state index contributed by atoms with van der Waals surface area (Å²) in [6.45, 7) is 1.75. The second kappa shape index (κ2) is 7.30. The van der Waals surface area contributed by atoms with Crippen LogP contribution < -0.4 is 0 Å². The quantitative estimate of drug-likeness (QED) is 0.253. The third kappa shape index (κ3) is 3.47. The Morgan fingerprint density at radius 1 is 1.26 bits per heavy atom. The lowest BCUT2D eigenvalue weighted by Crippen LogP contribution is -2.07. The Labute approximate surface area is 195 Å². The van der Waals surface area contributed by atoms with Crippen LogP contribution in [0.2, 0.25) is 0 Å². The highest BCUT2D eigenvalue weighted by atomic mass is 32.1. The maximum atomic E-state index is 13.2. The van der Waals surface area contributed by atoms with Gasteiger partial charge in [0.25, 0.3) is 0 Å². The number of thiophene rings is 1. The summed E-state index contributed by atoms with van der Waals surface area (Å²) >= 11 is 1.06. The lowest BCUT2D eigenvalue weighted by molar-refractivity contribution is -0.385. The van der Waals surface area contributed by atoms with Crippen LogP contribution in [0.4, 0.5) is 18.9 Å². The number of aromatic nitrogens is 7. The van der Waals surface area contributed by atoms with Crippen molar-refractivity contribution in [2.75, 3.05) is 0 Å². The topological polar surface area (TPSA) is 130 Å². The van der Waals surface area contributed by atoms with E-state index in [1.807, 2.05) is 0 Å². The van der Waals surface area contributed by atoms with E-state index in [4.69, 9.17) is 4.42 Å². The molecule has 0 fully saturated rings. The van der Waals surface area contributed by atoms with E-state index in [0.717, 1.165) is 23.6 Å². The molecule has 15 heteroatoms. The van der Waals surface area contributed by atoms with E-state index in [-0.39, 0.29) is 22.9 Å². The van der Waals surface area contributed by atoms with Gasteiger partial charge in [-0.25, -0.2) is 19.5 Å². The van der Waals surface area contributed by atoms with E-state index in [1.165, 1.54) is 21.7 Å². The second-order valence-corrected chi connectivity index (χ2v) is 8.65. The molecule has 0 N–H and O–H groups in total. The van der Waals surface area contributed by atoms with Gasteiger partial charge in [-0.2, -0.15) is 18.3 Å². The van der Waals surface area contributed by atoms with Crippen molar-refractivity contribution in [3.05, 3.63) is 64.1 Å². The normalized spacial score (nSPS) is 12.3. The molecule has 0 amide bonds. The predicted octanol–water partition coefficient (Wildman–Crippen LogP) is 4.63. The molecule has 0 aliphatic rings. The number of rotatable bonds is 4. The molecular formula is C20H11F3N8O3S. The first kappa shape index (κ1) is 21.2. The lowest BCUT2D eigenvalue weighted by Gasteiger charge is -2.06. The van der Waals surface area contributed by atoms with Gasteiger partial charge >= 0.3 is 11.9 Å². The summed E-state index contributed by atoms with van der Waals surface area (Å²) < 4.78 is 48.8. The van der Waals surface area contributed by atoms with Gasteiger partial charge in [-0.15, -0.1) is 16.4 Å². The Morgan fingerprint density at radius 3 is 2.83 bits per heavy atom. The molecule has 0 aliphatic carbocycles. The highest BCUT2D eigenvalue weighted by Gasteiger charge is 2.33. The number of furan rings is 1. The predicted molar refractivity (Wildman–Crippen MR) is 117 cm³/mol. The third-order valence-electron chi connectivity index (χ3n) is 5.29. The number of pyridine rings is 1. The molecule has 0 saturated carbocycles. The van der Waals surface area contributed by atoms with E-state index in [1.54, 1.807) is 19.1 Å². The largest absolute Gasteiger partial charge is 0.456 e. The average molecular weight is 500 g/mol. The van der Waals surface area contributed by atoms with Crippen LogP contribution in [0.15, 0.2) is 41.3 Å². The molecule has 0 atom stereocenters. The summed E-state index contributed by atoms with van der Waals surface area (Å²) in [7, 11) is 0. The SMILES string of the molecule is Cc1cc(C(F)(F)F)nc2sc3c(ncn4nc(-c5ccc(Cn6cc([N+](=O)[O-])cn6)o5)nc34)c12. The van der Waals surface area contributed by atoms with E-state index < -0.39 is 16.8 Å². The van der Waals surface area contributed by atoms with Crippen molar-refractivity contribution in [1.82, 2.24) is 34.3 Å². The molecule has 0 saturated heterocycles. The van der Waals surface area contributed by atoms with E-state index in [2.05, 4.69) is 25.1 Å². The van der Waals surface area contributed by atoms with E-state index in [0.29, 0.717) is 38.3 Å². The minimum absolute atomic E-state index is 0.134.